The van der Waals surface area contributed by atoms with E-state index in [4.69, 9.17) is 0 Å². The van der Waals surface area contributed by atoms with Gasteiger partial charge in [0.2, 0.25) is 0 Å². The maximum absolute atomic E-state index is 12.2. The molecular weight excluding hydrogens is 454 g/mol. The van der Waals surface area contributed by atoms with E-state index in [0.717, 1.165) is 43.1 Å². The molecule has 0 aromatic heterocycles. The molecule has 0 heterocycles. The van der Waals surface area contributed by atoms with Gasteiger partial charge in [0, 0.05) is 25.2 Å². The Hall–Kier alpha value is -2.14. The SMILES string of the molecule is CS(=O)(=O)OCCN(/C=N/S(=O)(=O)c1ccc([N+](=O)[O-])cc1)CCOS(C)(=O)=O. The quantitative estimate of drug-likeness (QED) is 0.126. The van der Waals surface area contributed by atoms with Crippen molar-refractivity contribution < 1.29 is 38.5 Å². The fraction of sp³-hybridized carbons (Fsp3) is 0.462. The number of nitrogens with zero attached hydrogens (tertiary/aromatic N) is 3. The Balaban J connectivity index is 2.92. The minimum absolute atomic E-state index is 0.139. The molecule has 0 atom stereocenters. The fourth-order valence-corrected chi connectivity index (χ4v) is 3.38. The van der Waals surface area contributed by atoms with E-state index in [-0.39, 0.29) is 36.9 Å². The molecule has 0 bridgehead atoms. The van der Waals surface area contributed by atoms with E-state index >= 15 is 0 Å². The predicted molar refractivity (Wildman–Crippen MR) is 102 cm³/mol. The van der Waals surface area contributed by atoms with Crippen LogP contribution < -0.4 is 0 Å². The molecule has 0 amide bonds. The van der Waals surface area contributed by atoms with Crippen molar-refractivity contribution in [2.24, 2.45) is 4.40 Å². The summed E-state index contributed by atoms with van der Waals surface area (Å²) in [4.78, 5) is 10.8. The van der Waals surface area contributed by atoms with Gasteiger partial charge in [0.05, 0.1) is 35.5 Å². The first kappa shape index (κ1) is 24.9. The zero-order valence-corrected chi connectivity index (χ0v) is 17.8. The molecule has 0 aliphatic carbocycles. The van der Waals surface area contributed by atoms with Gasteiger partial charge in [-0.05, 0) is 12.1 Å². The van der Waals surface area contributed by atoms with Crippen LogP contribution in [0.1, 0.15) is 0 Å². The van der Waals surface area contributed by atoms with Crippen LogP contribution in [0.2, 0.25) is 0 Å². The van der Waals surface area contributed by atoms with Crippen LogP contribution in [-0.2, 0) is 38.6 Å². The lowest BCUT2D eigenvalue weighted by Gasteiger charge is -2.18. The third-order valence-corrected chi connectivity index (χ3v) is 5.48. The Morgan fingerprint density at radius 1 is 0.966 bits per heavy atom. The standard InChI is InChI=1S/C13H19N3O10S3/c1-27(19,20)25-9-7-15(8-10-26-28(2,21)22)11-14-29(23,24)13-5-3-12(4-6-13)16(17)18/h3-6,11H,7-10H2,1-2H3/b14-11+. The first-order valence-corrected chi connectivity index (χ1v) is 12.7. The average molecular weight is 474 g/mol. The van der Waals surface area contributed by atoms with Crippen LogP contribution in [0, 0.1) is 10.1 Å². The topological polar surface area (TPSA) is 180 Å². The molecule has 0 unspecified atom stereocenters. The summed E-state index contributed by atoms with van der Waals surface area (Å²) in [6.45, 7) is -0.971. The van der Waals surface area contributed by atoms with E-state index in [1.165, 1.54) is 4.90 Å². The molecule has 1 aromatic carbocycles. The molecule has 29 heavy (non-hydrogen) atoms. The van der Waals surface area contributed by atoms with Crippen LogP contribution in [0.3, 0.4) is 0 Å². The van der Waals surface area contributed by atoms with Gasteiger partial charge in [-0.3, -0.25) is 18.5 Å². The van der Waals surface area contributed by atoms with Gasteiger partial charge in [-0.25, -0.2) is 0 Å². The minimum Gasteiger partial charge on any atom is -0.357 e. The summed E-state index contributed by atoms with van der Waals surface area (Å²) in [5.74, 6) is 0. The van der Waals surface area contributed by atoms with E-state index < -0.39 is 35.2 Å². The van der Waals surface area contributed by atoms with Crippen LogP contribution in [0.4, 0.5) is 5.69 Å². The Morgan fingerprint density at radius 3 is 1.79 bits per heavy atom. The van der Waals surface area contributed by atoms with Crippen molar-refractivity contribution in [1.29, 1.82) is 0 Å². The zero-order valence-electron chi connectivity index (χ0n) is 15.4. The summed E-state index contributed by atoms with van der Waals surface area (Å²) in [6.07, 6.45) is 2.52. The summed E-state index contributed by atoms with van der Waals surface area (Å²) in [5.41, 5.74) is -0.301. The second kappa shape index (κ2) is 10.1. The van der Waals surface area contributed by atoms with Gasteiger partial charge >= 0.3 is 0 Å². The number of non-ortho nitro benzene ring substituents is 1. The van der Waals surface area contributed by atoms with E-state index in [9.17, 15) is 35.4 Å². The van der Waals surface area contributed by atoms with Crippen molar-refractivity contribution in [3.05, 3.63) is 34.4 Å². The van der Waals surface area contributed by atoms with Gasteiger partial charge in [0.1, 0.15) is 6.34 Å². The summed E-state index contributed by atoms with van der Waals surface area (Å²) in [5, 5.41) is 10.6. The van der Waals surface area contributed by atoms with E-state index in [1.54, 1.807) is 0 Å². The summed E-state index contributed by atoms with van der Waals surface area (Å²) in [6, 6.07) is 4.02. The van der Waals surface area contributed by atoms with Gasteiger partial charge in [-0.2, -0.15) is 25.3 Å². The summed E-state index contributed by atoms with van der Waals surface area (Å²) >= 11 is 0. The number of rotatable bonds is 12. The number of nitro benzene ring substituents is 1. The molecule has 0 spiro atoms. The van der Waals surface area contributed by atoms with Gasteiger partial charge in [-0.1, -0.05) is 0 Å². The van der Waals surface area contributed by atoms with Crippen molar-refractivity contribution in [3.8, 4) is 0 Å². The predicted octanol–water partition coefficient (Wildman–Crippen LogP) is -0.434. The summed E-state index contributed by atoms with van der Waals surface area (Å²) < 4.78 is 81.1. The van der Waals surface area contributed by atoms with Crippen molar-refractivity contribution in [2.75, 3.05) is 38.8 Å². The lowest BCUT2D eigenvalue weighted by atomic mass is 10.3. The number of benzene rings is 1. The monoisotopic (exact) mass is 473 g/mol. The van der Waals surface area contributed by atoms with Crippen molar-refractivity contribution in [3.63, 3.8) is 0 Å². The van der Waals surface area contributed by atoms with Crippen molar-refractivity contribution >= 4 is 42.3 Å². The number of hydrogen-bond acceptors (Lipinski definition) is 10. The Morgan fingerprint density at radius 2 is 1.41 bits per heavy atom. The van der Waals surface area contributed by atoms with Crippen molar-refractivity contribution in [2.45, 2.75) is 4.90 Å². The zero-order chi connectivity index (χ0) is 22.3. The molecule has 0 aliphatic rings. The van der Waals surface area contributed by atoms with Gasteiger partial charge in [-0.15, -0.1) is 4.40 Å². The van der Waals surface area contributed by atoms with Crippen LogP contribution in [0.25, 0.3) is 0 Å². The smallest absolute Gasteiger partial charge is 0.283 e. The Bertz CT molecular complexity index is 1010. The highest BCUT2D eigenvalue weighted by molar-refractivity contribution is 7.90. The molecule has 16 heteroatoms. The first-order valence-electron chi connectivity index (χ1n) is 7.67. The van der Waals surface area contributed by atoms with Crippen molar-refractivity contribution in [1.82, 2.24) is 4.90 Å². The molecule has 0 saturated heterocycles. The van der Waals surface area contributed by atoms with E-state index in [0.29, 0.717) is 0 Å². The lowest BCUT2D eigenvalue weighted by Crippen LogP contribution is -2.31. The number of sulfonamides is 1. The first-order chi connectivity index (χ1) is 13.2. The average Bonchev–Trinajstić information content (AvgIpc) is 2.57. The lowest BCUT2D eigenvalue weighted by molar-refractivity contribution is -0.384. The second-order valence-corrected chi connectivity index (χ2v) is 10.5. The number of hydrogen-bond donors (Lipinski definition) is 0. The molecule has 1 aromatic rings. The van der Waals surface area contributed by atoms with E-state index in [1.807, 2.05) is 0 Å². The maximum atomic E-state index is 12.2. The molecule has 0 aliphatic heterocycles. The third-order valence-electron chi connectivity index (χ3n) is 3.05. The second-order valence-electron chi connectivity index (χ2n) is 5.54. The van der Waals surface area contributed by atoms with Crippen LogP contribution in [0.15, 0.2) is 33.6 Å². The normalized spacial score (nSPS) is 12.9. The Kier molecular flexibility index (Phi) is 8.64. The van der Waals surface area contributed by atoms with Crippen LogP contribution in [-0.4, -0.2) is 80.2 Å². The maximum Gasteiger partial charge on any atom is 0.283 e. The minimum atomic E-state index is -4.22. The highest BCUT2D eigenvalue weighted by atomic mass is 32.2. The van der Waals surface area contributed by atoms with Gasteiger partial charge in [0.25, 0.3) is 35.9 Å². The van der Waals surface area contributed by atoms with Gasteiger partial charge < -0.3 is 4.90 Å². The van der Waals surface area contributed by atoms with Crippen LogP contribution in [0.5, 0.6) is 0 Å². The molecule has 13 nitrogen and oxygen atoms in total. The molecule has 0 fully saturated rings. The Labute approximate surface area is 168 Å². The highest BCUT2D eigenvalue weighted by Crippen LogP contribution is 2.17. The molecule has 1 rings (SSSR count). The fourth-order valence-electron chi connectivity index (χ4n) is 1.77. The molecule has 164 valence electrons. The molecule has 0 N–H and O–H groups in total. The van der Waals surface area contributed by atoms with Crippen LogP contribution >= 0.6 is 0 Å². The largest absolute Gasteiger partial charge is 0.357 e. The highest BCUT2D eigenvalue weighted by Gasteiger charge is 2.15. The van der Waals surface area contributed by atoms with E-state index in [2.05, 4.69) is 12.8 Å². The molecule has 0 radical (unpaired) electrons. The molecule has 0 saturated carbocycles. The number of nitro groups is 1. The summed E-state index contributed by atoms with van der Waals surface area (Å²) in [7, 11) is -11.7. The van der Waals surface area contributed by atoms with Gasteiger partial charge in [0.15, 0.2) is 0 Å². The third kappa shape index (κ3) is 10.3. The molecular formula is C13H19N3O10S3.